The van der Waals surface area contributed by atoms with Crippen LogP contribution in [0, 0.1) is 0 Å². The van der Waals surface area contributed by atoms with E-state index in [1.807, 2.05) is 20.8 Å². The molecule has 1 N–H and O–H groups in total. The number of hydrogen-bond donors (Lipinski definition) is 1. The lowest BCUT2D eigenvalue weighted by Crippen LogP contribution is -2.12. The van der Waals surface area contributed by atoms with E-state index in [9.17, 15) is 5.11 Å². The number of aromatic hydroxyl groups is 1. The van der Waals surface area contributed by atoms with Crippen molar-refractivity contribution in [3.63, 3.8) is 0 Å². The minimum Gasteiger partial charge on any atom is -0.508 e. The van der Waals surface area contributed by atoms with Gasteiger partial charge in [0.15, 0.2) is 0 Å². The third-order valence-corrected chi connectivity index (χ3v) is 3.10. The number of phenolic OH excluding ortho intramolecular Hbond substituents is 1. The van der Waals surface area contributed by atoms with Crippen molar-refractivity contribution < 1.29 is 5.11 Å². The predicted octanol–water partition coefficient (Wildman–Crippen LogP) is 4.11. The lowest BCUT2D eigenvalue weighted by molar-refractivity contribution is 0.446. The van der Waals surface area contributed by atoms with Crippen LogP contribution in [-0.2, 0) is 5.41 Å². The standard InChI is InChI=1S/C10H12BrClO/c1-10(2,3)8-7(13)5-4-6(11)9(8)12/h4-5,13H,1-3H3. The second-order valence-corrected chi connectivity index (χ2v) is 5.24. The van der Waals surface area contributed by atoms with Crippen molar-refractivity contribution in [2.75, 3.05) is 0 Å². The highest BCUT2D eigenvalue weighted by molar-refractivity contribution is 9.10. The van der Waals surface area contributed by atoms with Crippen molar-refractivity contribution in [1.82, 2.24) is 0 Å². The van der Waals surface area contributed by atoms with Crippen LogP contribution in [0.3, 0.4) is 0 Å². The van der Waals surface area contributed by atoms with Crippen LogP contribution in [0.5, 0.6) is 5.75 Å². The molecule has 0 saturated carbocycles. The van der Waals surface area contributed by atoms with E-state index in [1.54, 1.807) is 12.1 Å². The molecule has 3 heteroatoms. The molecule has 0 atom stereocenters. The van der Waals surface area contributed by atoms with E-state index < -0.39 is 0 Å². The molecule has 0 unspecified atom stereocenters. The third-order valence-electron chi connectivity index (χ3n) is 1.82. The van der Waals surface area contributed by atoms with Crippen molar-refractivity contribution in [2.24, 2.45) is 0 Å². The smallest absolute Gasteiger partial charge is 0.120 e. The Morgan fingerprint density at radius 1 is 1.31 bits per heavy atom. The Morgan fingerprint density at radius 3 is 2.23 bits per heavy atom. The first-order valence-corrected chi connectivity index (χ1v) is 5.18. The Kier molecular flexibility index (Phi) is 2.93. The Balaban J connectivity index is 3.43. The first-order chi connectivity index (χ1) is 5.84. The molecule has 1 aromatic rings. The van der Waals surface area contributed by atoms with Crippen molar-refractivity contribution in [3.05, 3.63) is 27.2 Å². The van der Waals surface area contributed by atoms with Crippen molar-refractivity contribution in [1.29, 1.82) is 0 Å². The summed E-state index contributed by atoms with van der Waals surface area (Å²) < 4.78 is 0.817. The van der Waals surface area contributed by atoms with E-state index in [-0.39, 0.29) is 11.2 Å². The molecular formula is C10H12BrClO. The number of benzene rings is 1. The van der Waals surface area contributed by atoms with Gasteiger partial charge in [-0.05, 0) is 33.5 Å². The second kappa shape index (κ2) is 3.50. The van der Waals surface area contributed by atoms with E-state index in [0.717, 1.165) is 10.0 Å². The predicted molar refractivity (Wildman–Crippen MR) is 59.5 cm³/mol. The van der Waals surface area contributed by atoms with Gasteiger partial charge in [0.25, 0.3) is 0 Å². The number of phenols is 1. The van der Waals surface area contributed by atoms with Crippen molar-refractivity contribution >= 4 is 27.5 Å². The summed E-state index contributed by atoms with van der Waals surface area (Å²) >= 11 is 9.41. The zero-order valence-electron chi connectivity index (χ0n) is 7.86. The average molecular weight is 264 g/mol. The lowest BCUT2D eigenvalue weighted by atomic mass is 9.86. The summed E-state index contributed by atoms with van der Waals surface area (Å²) in [5.74, 6) is 0.251. The van der Waals surface area contributed by atoms with Gasteiger partial charge in [-0.25, -0.2) is 0 Å². The third kappa shape index (κ3) is 2.18. The monoisotopic (exact) mass is 262 g/mol. The fraction of sp³-hybridized carbons (Fsp3) is 0.400. The van der Waals surface area contributed by atoms with Gasteiger partial charge in [0.05, 0.1) is 5.02 Å². The number of rotatable bonds is 0. The molecule has 0 radical (unpaired) electrons. The summed E-state index contributed by atoms with van der Waals surface area (Å²) in [6.45, 7) is 6.04. The molecule has 0 bridgehead atoms. The zero-order valence-corrected chi connectivity index (χ0v) is 10.2. The molecule has 0 aromatic heterocycles. The second-order valence-electron chi connectivity index (χ2n) is 4.01. The molecule has 1 nitrogen and oxygen atoms in total. The SMILES string of the molecule is CC(C)(C)c1c(O)ccc(Br)c1Cl. The van der Waals surface area contributed by atoms with Crippen LogP contribution in [0.2, 0.25) is 5.02 Å². The molecule has 0 aliphatic carbocycles. The van der Waals surface area contributed by atoms with Gasteiger partial charge in [-0.15, -0.1) is 0 Å². The first kappa shape index (κ1) is 10.9. The molecule has 0 aliphatic heterocycles. The van der Waals surface area contributed by atoms with Crippen LogP contribution in [0.15, 0.2) is 16.6 Å². The molecule has 0 spiro atoms. The van der Waals surface area contributed by atoms with E-state index >= 15 is 0 Å². The highest BCUT2D eigenvalue weighted by Crippen LogP contribution is 2.40. The van der Waals surface area contributed by atoms with Crippen LogP contribution in [0.4, 0.5) is 0 Å². The first-order valence-electron chi connectivity index (χ1n) is 4.01. The maximum Gasteiger partial charge on any atom is 0.120 e. The van der Waals surface area contributed by atoms with E-state index in [0.29, 0.717) is 5.02 Å². The minimum atomic E-state index is -0.148. The summed E-state index contributed by atoms with van der Waals surface area (Å²) in [4.78, 5) is 0. The molecule has 0 heterocycles. The van der Waals surface area contributed by atoms with E-state index in [4.69, 9.17) is 11.6 Å². The van der Waals surface area contributed by atoms with Gasteiger partial charge in [-0.3, -0.25) is 0 Å². The normalized spacial score (nSPS) is 11.8. The Bertz CT molecular complexity index is 328. The molecule has 1 rings (SSSR count). The fourth-order valence-electron chi connectivity index (χ4n) is 1.25. The van der Waals surface area contributed by atoms with Gasteiger partial charge in [0, 0.05) is 10.0 Å². The molecule has 0 amide bonds. The summed E-state index contributed by atoms with van der Waals surface area (Å²) in [7, 11) is 0. The lowest BCUT2D eigenvalue weighted by Gasteiger charge is -2.22. The molecule has 0 aliphatic rings. The van der Waals surface area contributed by atoms with Crippen LogP contribution in [-0.4, -0.2) is 5.11 Å². The summed E-state index contributed by atoms with van der Waals surface area (Å²) in [5, 5.41) is 10.2. The minimum absolute atomic E-state index is 0.148. The Morgan fingerprint density at radius 2 is 1.85 bits per heavy atom. The highest BCUT2D eigenvalue weighted by Gasteiger charge is 2.22. The van der Waals surface area contributed by atoms with Crippen molar-refractivity contribution in [2.45, 2.75) is 26.2 Å². The van der Waals surface area contributed by atoms with E-state index in [1.165, 1.54) is 0 Å². The van der Waals surface area contributed by atoms with Gasteiger partial charge in [0.1, 0.15) is 5.75 Å². The molecular weight excluding hydrogens is 251 g/mol. The van der Waals surface area contributed by atoms with Gasteiger partial charge < -0.3 is 5.11 Å². The van der Waals surface area contributed by atoms with Gasteiger partial charge in [-0.1, -0.05) is 32.4 Å². The number of halogens is 2. The molecule has 13 heavy (non-hydrogen) atoms. The van der Waals surface area contributed by atoms with Crippen LogP contribution >= 0.6 is 27.5 Å². The Labute approximate surface area is 91.9 Å². The average Bonchev–Trinajstić information content (AvgIpc) is 1.95. The Hall–Kier alpha value is -0.210. The van der Waals surface area contributed by atoms with E-state index in [2.05, 4.69) is 15.9 Å². The highest BCUT2D eigenvalue weighted by atomic mass is 79.9. The van der Waals surface area contributed by atoms with Gasteiger partial charge in [0.2, 0.25) is 0 Å². The number of hydrogen-bond acceptors (Lipinski definition) is 1. The van der Waals surface area contributed by atoms with Crippen LogP contribution < -0.4 is 0 Å². The largest absolute Gasteiger partial charge is 0.508 e. The molecule has 1 aromatic carbocycles. The zero-order chi connectivity index (χ0) is 10.2. The topological polar surface area (TPSA) is 20.2 Å². The van der Waals surface area contributed by atoms with Crippen LogP contribution in [0.25, 0.3) is 0 Å². The maximum absolute atomic E-state index is 9.65. The summed E-state index contributed by atoms with van der Waals surface area (Å²) in [5.41, 5.74) is 0.633. The van der Waals surface area contributed by atoms with Crippen LogP contribution in [0.1, 0.15) is 26.3 Å². The molecule has 72 valence electrons. The molecule has 0 saturated heterocycles. The van der Waals surface area contributed by atoms with Crippen molar-refractivity contribution in [3.8, 4) is 5.75 Å². The van der Waals surface area contributed by atoms with Gasteiger partial charge >= 0.3 is 0 Å². The summed E-state index contributed by atoms with van der Waals surface area (Å²) in [6.07, 6.45) is 0. The fourth-order valence-corrected chi connectivity index (χ4v) is 2.03. The van der Waals surface area contributed by atoms with Gasteiger partial charge in [-0.2, -0.15) is 0 Å². The molecule has 0 fully saturated rings. The summed E-state index contributed by atoms with van der Waals surface area (Å²) in [6, 6.07) is 3.39. The maximum atomic E-state index is 9.65. The quantitative estimate of drug-likeness (QED) is 0.747.